The standard InChI is InChI=1S/C20H39NO4Si/c1-11-23-18(22)20(6,25-21(7)8)15-12-13-17(2)14-16-24-26(9,10)19(3,4)5/h12,14-15H,11,13,16H2,1-10H3/b15-12+,17-14-. The fourth-order valence-corrected chi connectivity index (χ4v) is 2.88. The summed E-state index contributed by atoms with van der Waals surface area (Å²) in [6.45, 7) is 17.7. The third kappa shape index (κ3) is 8.62. The number of carbonyl (C=O) groups excluding carboxylic acids is 1. The number of allylic oxidation sites excluding steroid dienone is 2. The van der Waals surface area contributed by atoms with Gasteiger partial charge < -0.3 is 9.16 Å². The molecule has 0 aromatic heterocycles. The predicted octanol–water partition coefficient (Wildman–Crippen LogP) is 4.72. The molecular weight excluding hydrogens is 346 g/mol. The average molecular weight is 386 g/mol. The van der Waals surface area contributed by atoms with E-state index in [2.05, 4.69) is 46.9 Å². The van der Waals surface area contributed by atoms with Crippen LogP contribution in [0.25, 0.3) is 0 Å². The van der Waals surface area contributed by atoms with Crippen LogP contribution in [0.15, 0.2) is 23.8 Å². The molecule has 0 heterocycles. The van der Waals surface area contributed by atoms with Gasteiger partial charge in [-0.3, -0.25) is 4.84 Å². The lowest BCUT2D eigenvalue weighted by atomic mass is 10.1. The maximum absolute atomic E-state index is 12.2. The van der Waals surface area contributed by atoms with Gasteiger partial charge in [0.25, 0.3) is 0 Å². The summed E-state index contributed by atoms with van der Waals surface area (Å²) in [6, 6.07) is 0. The van der Waals surface area contributed by atoms with Crippen LogP contribution in [0.5, 0.6) is 0 Å². The molecule has 5 nitrogen and oxygen atoms in total. The lowest BCUT2D eigenvalue weighted by molar-refractivity contribution is -0.214. The highest BCUT2D eigenvalue weighted by Gasteiger charge is 2.37. The Morgan fingerprint density at radius 3 is 2.19 bits per heavy atom. The highest BCUT2D eigenvalue weighted by molar-refractivity contribution is 6.74. The molecule has 6 heteroatoms. The first-order valence-corrected chi connectivity index (χ1v) is 12.2. The Kier molecular flexibility index (Phi) is 10.0. The zero-order valence-electron chi connectivity index (χ0n) is 18.4. The molecule has 1 atom stereocenters. The number of rotatable bonds is 10. The first kappa shape index (κ1) is 25.0. The molecule has 0 rings (SSSR count). The van der Waals surface area contributed by atoms with E-state index in [0.717, 1.165) is 6.42 Å². The lowest BCUT2D eigenvalue weighted by Crippen LogP contribution is -2.42. The molecule has 0 fully saturated rings. The van der Waals surface area contributed by atoms with E-state index in [0.29, 0.717) is 13.2 Å². The van der Waals surface area contributed by atoms with Crippen molar-refractivity contribution in [3.63, 3.8) is 0 Å². The molecule has 0 aliphatic carbocycles. The third-order valence-corrected chi connectivity index (χ3v) is 9.11. The van der Waals surface area contributed by atoms with Crippen LogP contribution in [0.2, 0.25) is 18.1 Å². The van der Waals surface area contributed by atoms with E-state index in [1.54, 1.807) is 34.0 Å². The largest absolute Gasteiger partial charge is 0.464 e. The van der Waals surface area contributed by atoms with E-state index in [4.69, 9.17) is 14.0 Å². The molecule has 0 aromatic carbocycles. The van der Waals surface area contributed by atoms with Gasteiger partial charge in [-0.2, -0.15) is 5.06 Å². The van der Waals surface area contributed by atoms with Crippen molar-refractivity contribution in [3.05, 3.63) is 23.8 Å². The van der Waals surface area contributed by atoms with Crippen molar-refractivity contribution in [2.45, 2.75) is 71.7 Å². The zero-order valence-corrected chi connectivity index (χ0v) is 19.4. The number of hydroxylamine groups is 2. The van der Waals surface area contributed by atoms with Crippen LogP contribution in [0.4, 0.5) is 0 Å². The predicted molar refractivity (Wildman–Crippen MR) is 110 cm³/mol. The summed E-state index contributed by atoms with van der Waals surface area (Å²) in [5.41, 5.74) is 0.0632. The van der Waals surface area contributed by atoms with Gasteiger partial charge in [-0.25, -0.2) is 4.79 Å². The number of hydrogen-bond donors (Lipinski definition) is 0. The first-order chi connectivity index (χ1) is 11.7. The van der Waals surface area contributed by atoms with Crippen LogP contribution in [0.3, 0.4) is 0 Å². The van der Waals surface area contributed by atoms with Gasteiger partial charge in [-0.1, -0.05) is 38.5 Å². The molecule has 0 radical (unpaired) electrons. The van der Waals surface area contributed by atoms with Gasteiger partial charge in [0.05, 0.1) is 13.2 Å². The van der Waals surface area contributed by atoms with Crippen molar-refractivity contribution in [1.82, 2.24) is 5.06 Å². The first-order valence-electron chi connectivity index (χ1n) is 9.26. The van der Waals surface area contributed by atoms with Gasteiger partial charge in [0.15, 0.2) is 8.32 Å². The summed E-state index contributed by atoms with van der Waals surface area (Å²) in [6.07, 6.45) is 6.54. The van der Waals surface area contributed by atoms with Gasteiger partial charge in [0, 0.05) is 14.1 Å². The van der Waals surface area contributed by atoms with E-state index < -0.39 is 19.9 Å². The minimum atomic E-state index is -1.72. The molecule has 0 aromatic rings. The molecule has 1 unspecified atom stereocenters. The molecular formula is C20H39NO4Si. The van der Waals surface area contributed by atoms with Crippen LogP contribution in [0, 0.1) is 0 Å². The zero-order chi connectivity index (χ0) is 20.6. The van der Waals surface area contributed by atoms with E-state index in [1.807, 2.05) is 6.08 Å². The minimum absolute atomic E-state index is 0.208. The second-order valence-electron chi connectivity index (χ2n) is 8.46. The summed E-state index contributed by atoms with van der Waals surface area (Å²) < 4.78 is 11.3. The summed E-state index contributed by atoms with van der Waals surface area (Å²) >= 11 is 0. The quantitative estimate of drug-likeness (QED) is 0.236. The van der Waals surface area contributed by atoms with Crippen molar-refractivity contribution >= 4 is 14.3 Å². The van der Waals surface area contributed by atoms with E-state index >= 15 is 0 Å². The normalized spacial score (nSPS) is 16.2. The number of ether oxygens (including phenoxy) is 1. The summed E-state index contributed by atoms with van der Waals surface area (Å²) in [5.74, 6) is -0.396. The van der Waals surface area contributed by atoms with Crippen LogP contribution < -0.4 is 0 Å². The monoisotopic (exact) mass is 385 g/mol. The topological polar surface area (TPSA) is 48.0 Å². The van der Waals surface area contributed by atoms with Gasteiger partial charge in [0.1, 0.15) is 0 Å². The number of hydrogen-bond acceptors (Lipinski definition) is 5. The number of esters is 1. The van der Waals surface area contributed by atoms with Crippen LogP contribution in [-0.4, -0.2) is 52.3 Å². The van der Waals surface area contributed by atoms with Crippen molar-refractivity contribution in [2.75, 3.05) is 27.3 Å². The molecule has 0 aliphatic heterocycles. The maximum Gasteiger partial charge on any atom is 0.344 e. The average Bonchev–Trinajstić information content (AvgIpc) is 2.45. The fourth-order valence-electron chi connectivity index (χ4n) is 1.95. The van der Waals surface area contributed by atoms with Crippen molar-refractivity contribution < 1.29 is 18.8 Å². The van der Waals surface area contributed by atoms with E-state index in [1.165, 1.54) is 10.6 Å². The van der Waals surface area contributed by atoms with E-state index in [9.17, 15) is 4.79 Å². The summed E-state index contributed by atoms with van der Waals surface area (Å²) in [5, 5.41) is 1.72. The molecule has 0 N–H and O–H groups in total. The van der Waals surface area contributed by atoms with Crippen LogP contribution >= 0.6 is 0 Å². The molecule has 0 aliphatic rings. The smallest absolute Gasteiger partial charge is 0.344 e. The van der Waals surface area contributed by atoms with Crippen molar-refractivity contribution in [2.24, 2.45) is 0 Å². The van der Waals surface area contributed by atoms with Crippen LogP contribution in [0.1, 0.15) is 48.0 Å². The minimum Gasteiger partial charge on any atom is -0.464 e. The van der Waals surface area contributed by atoms with Crippen molar-refractivity contribution in [1.29, 1.82) is 0 Å². The fraction of sp³-hybridized carbons (Fsp3) is 0.750. The van der Waals surface area contributed by atoms with Gasteiger partial charge in [-0.15, -0.1) is 0 Å². The highest BCUT2D eigenvalue weighted by Crippen LogP contribution is 2.36. The van der Waals surface area contributed by atoms with Gasteiger partial charge in [0.2, 0.25) is 5.60 Å². The lowest BCUT2D eigenvalue weighted by Gasteiger charge is -2.35. The SMILES string of the molecule is CCOC(=O)C(C)(/C=C/C/C(C)=C\CO[Si](C)(C)C(C)(C)C)ON(C)C. The second kappa shape index (κ2) is 10.4. The molecule has 0 bridgehead atoms. The second-order valence-corrected chi connectivity index (χ2v) is 13.3. The maximum atomic E-state index is 12.2. The summed E-state index contributed by atoms with van der Waals surface area (Å²) in [7, 11) is 1.76. The van der Waals surface area contributed by atoms with Gasteiger partial charge in [-0.05, 0) is 51.4 Å². The van der Waals surface area contributed by atoms with Gasteiger partial charge >= 0.3 is 5.97 Å². The Hall–Kier alpha value is -0.953. The molecule has 0 saturated heterocycles. The molecule has 26 heavy (non-hydrogen) atoms. The number of nitrogens with zero attached hydrogens (tertiary/aromatic N) is 1. The Morgan fingerprint density at radius 1 is 1.15 bits per heavy atom. The van der Waals surface area contributed by atoms with Crippen molar-refractivity contribution in [3.8, 4) is 0 Å². The molecule has 0 saturated carbocycles. The molecule has 0 spiro atoms. The van der Waals surface area contributed by atoms with Crippen LogP contribution in [-0.2, 0) is 18.8 Å². The Balaban J connectivity index is 4.82. The van der Waals surface area contributed by atoms with E-state index in [-0.39, 0.29) is 5.04 Å². The third-order valence-electron chi connectivity index (χ3n) is 4.61. The number of carbonyl (C=O) groups is 1. The molecule has 152 valence electrons. The summed E-state index contributed by atoms with van der Waals surface area (Å²) in [4.78, 5) is 17.8. The Bertz CT molecular complexity index is 506. The Morgan fingerprint density at radius 2 is 1.73 bits per heavy atom. The highest BCUT2D eigenvalue weighted by atomic mass is 28.4. The Labute approximate surface area is 161 Å². The molecule has 0 amide bonds.